The summed E-state index contributed by atoms with van der Waals surface area (Å²) in [5.41, 5.74) is 0. The molecule has 0 rings (SSSR count). The fraction of sp³-hybridized carbons (Fsp3) is 1.00. The minimum atomic E-state index is -4.02. The molecule has 18 nitrogen and oxygen atoms in total. The molecule has 0 N–H and O–H groups in total. The first-order valence-electron chi connectivity index (χ1n) is 5.24. The van der Waals surface area contributed by atoms with Crippen LogP contribution >= 0.6 is 0 Å². The molecule has 0 aromatic carbocycles. The summed E-state index contributed by atoms with van der Waals surface area (Å²) in [4.78, 5) is 52.1. The van der Waals surface area contributed by atoms with E-state index >= 15 is 0 Å². The van der Waals surface area contributed by atoms with Crippen molar-refractivity contribution < 1.29 is 29.5 Å². The maximum Gasteiger partial charge on any atom is 0.699 e. The van der Waals surface area contributed by atoms with Gasteiger partial charge in [0.1, 0.15) is 0 Å². The van der Waals surface area contributed by atoms with Gasteiger partial charge in [-0.3, -0.25) is 60.7 Å². The lowest BCUT2D eigenvalue weighted by Gasteiger charge is -2.10. The van der Waals surface area contributed by atoms with Crippen molar-refractivity contribution in [2.75, 3.05) is 0 Å². The summed E-state index contributed by atoms with van der Waals surface area (Å²) >= 11 is 0. The van der Waals surface area contributed by atoms with E-state index in [1.54, 1.807) is 0 Å². The Kier molecular flexibility index (Phi) is 5.44. The summed E-state index contributed by atoms with van der Waals surface area (Å²) < 4.78 is 0. The van der Waals surface area contributed by atoms with Gasteiger partial charge in [0.2, 0.25) is 0 Å². The molecule has 0 saturated carbocycles. The monoisotopic (exact) mass is 342 g/mol. The van der Waals surface area contributed by atoms with Gasteiger partial charge >= 0.3 is 11.6 Å². The van der Waals surface area contributed by atoms with Crippen LogP contribution in [0, 0.1) is 60.7 Å². The Balaban J connectivity index is 5.59. The second-order valence-electron chi connectivity index (χ2n) is 3.94. The van der Waals surface area contributed by atoms with Crippen LogP contribution in [0.3, 0.4) is 0 Å². The Morgan fingerprint density at radius 2 is 0.652 bits per heavy atom. The maximum atomic E-state index is 10.6. The molecular weight excluding hydrogens is 336 g/mol. The normalized spacial score (nSPS) is 11.5. The summed E-state index contributed by atoms with van der Waals surface area (Å²) in [5.74, 6) is -8.04. The van der Waals surface area contributed by atoms with E-state index in [1.165, 1.54) is 0 Å². The summed E-state index contributed by atoms with van der Waals surface area (Å²) in [7, 11) is 0. The van der Waals surface area contributed by atoms with Crippen LogP contribution in [0.5, 0.6) is 0 Å². The van der Waals surface area contributed by atoms with Crippen molar-refractivity contribution in [3.8, 4) is 0 Å². The van der Waals surface area contributed by atoms with E-state index in [0.717, 1.165) is 0 Å². The van der Waals surface area contributed by atoms with Crippen molar-refractivity contribution in [1.29, 1.82) is 0 Å². The molecule has 0 spiro atoms. The van der Waals surface area contributed by atoms with Crippen molar-refractivity contribution in [2.24, 2.45) is 0 Å². The molecule has 0 saturated heterocycles. The number of nitro groups is 6. The Labute approximate surface area is 122 Å². The van der Waals surface area contributed by atoms with Crippen molar-refractivity contribution in [3.63, 3.8) is 0 Å². The second kappa shape index (κ2) is 6.44. The molecule has 0 radical (unpaired) electrons. The summed E-state index contributed by atoms with van der Waals surface area (Å²) in [6, 6.07) is 0. The third-order valence-electron chi connectivity index (χ3n) is 2.78. The molecule has 0 unspecified atom stereocenters. The lowest BCUT2D eigenvalue weighted by Crippen LogP contribution is -2.55. The Hall–Kier alpha value is -3.60. The van der Waals surface area contributed by atoms with Crippen LogP contribution in [0.15, 0.2) is 0 Å². The van der Waals surface area contributed by atoms with Crippen molar-refractivity contribution >= 4 is 0 Å². The van der Waals surface area contributed by atoms with Gasteiger partial charge in [-0.25, -0.2) is 0 Å². The van der Waals surface area contributed by atoms with Gasteiger partial charge in [0, 0.05) is 0 Å². The molecule has 0 aromatic rings. The van der Waals surface area contributed by atoms with E-state index in [2.05, 4.69) is 0 Å². The first kappa shape index (κ1) is 19.4. The molecule has 0 aromatic heterocycles. The van der Waals surface area contributed by atoms with Gasteiger partial charge < -0.3 is 0 Å². The lowest BCUT2D eigenvalue weighted by atomic mass is 10.1. The van der Waals surface area contributed by atoms with Gasteiger partial charge in [-0.2, -0.15) is 0 Å². The van der Waals surface area contributed by atoms with Crippen LogP contribution in [0.2, 0.25) is 0 Å². The number of hydrogen-bond donors (Lipinski definition) is 0. The molecule has 0 atom stereocenters. The van der Waals surface area contributed by atoms with Crippen molar-refractivity contribution in [3.05, 3.63) is 60.7 Å². The molecule has 0 heterocycles. The quantitative estimate of drug-likeness (QED) is 0.266. The molecule has 0 aliphatic rings. The van der Waals surface area contributed by atoms with Gasteiger partial charge in [-0.1, -0.05) is 0 Å². The van der Waals surface area contributed by atoms with Gasteiger partial charge in [0.05, 0.1) is 0 Å². The first-order valence-corrected chi connectivity index (χ1v) is 5.24. The van der Waals surface area contributed by atoms with Crippen LogP contribution in [0.1, 0.15) is 19.3 Å². The SMILES string of the molecule is O=[N+]([O-])C(CCCC([N+](=O)[O-])([N+](=O)[O-])[N+](=O)[O-])([N+](=O)[O-])[N+](=O)[O-]. The highest BCUT2D eigenvalue weighted by Gasteiger charge is 2.73. The van der Waals surface area contributed by atoms with Gasteiger partial charge in [-0.15, -0.1) is 0 Å². The number of hydrogen-bond acceptors (Lipinski definition) is 12. The summed E-state index contributed by atoms with van der Waals surface area (Å²) in [6.07, 6.45) is -4.53. The lowest BCUT2D eigenvalue weighted by molar-refractivity contribution is -0.975. The minimum Gasteiger partial charge on any atom is -0.253 e. The van der Waals surface area contributed by atoms with E-state index < -0.39 is 60.4 Å². The van der Waals surface area contributed by atoms with Gasteiger partial charge in [0.25, 0.3) is 0 Å². The van der Waals surface area contributed by atoms with Gasteiger partial charge in [0.15, 0.2) is 42.4 Å². The zero-order valence-electron chi connectivity index (χ0n) is 10.7. The maximum absolute atomic E-state index is 10.6. The van der Waals surface area contributed by atoms with Crippen LogP contribution in [0.4, 0.5) is 0 Å². The zero-order valence-corrected chi connectivity index (χ0v) is 10.7. The molecule has 23 heavy (non-hydrogen) atoms. The molecule has 128 valence electrons. The Morgan fingerprint density at radius 1 is 0.478 bits per heavy atom. The Morgan fingerprint density at radius 3 is 0.783 bits per heavy atom. The fourth-order valence-electron chi connectivity index (χ4n) is 1.51. The molecule has 0 aliphatic heterocycles. The second-order valence-corrected chi connectivity index (χ2v) is 3.94. The number of nitrogens with zero attached hydrogens (tertiary/aromatic N) is 6. The summed E-state index contributed by atoms with van der Waals surface area (Å²) in [5, 5.41) is 63.5. The molecule has 0 aliphatic carbocycles. The van der Waals surface area contributed by atoms with Crippen molar-refractivity contribution in [2.45, 2.75) is 30.8 Å². The van der Waals surface area contributed by atoms with E-state index in [4.69, 9.17) is 0 Å². The van der Waals surface area contributed by atoms with Crippen LogP contribution < -0.4 is 0 Å². The topological polar surface area (TPSA) is 259 Å². The molecule has 18 heteroatoms. The molecule has 0 bridgehead atoms. The van der Waals surface area contributed by atoms with Crippen LogP contribution in [-0.2, 0) is 0 Å². The van der Waals surface area contributed by atoms with Gasteiger partial charge in [-0.05, 0) is 6.42 Å². The Bertz CT molecular complexity index is 462. The molecule has 0 fully saturated rings. The number of rotatable bonds is 10. The predicted octanol–water partition coefficient (Wildman–Crippen LogP) is -0.875. The third kappa shape index (κ3) is 3.03. The van der Waals surface area contributed by atoms with E-state index in [-0.39, 0.29) is 0 Å². The highest BCUT2D eigenvalue weighted by molar-refractivity contribution is 4.60. The third-order valence-corrected chi connectivity index (χ3v) is 2.78. The van der Waals surface area contributed by atoms with Crippen LogP contribution in [-0.4, -0.2) is 41.1 Å². The average Bonchev–Trinajstić information content (AvgIpc) is 2.35. The average molecular weight is 342 g/mol. The molecular formula is C5H6N6O12. The van der Waals surface area contributed by atoms with E-state index in [0.29, 0.717) is 0 Å². The highest BCUT2D eigenvalue weighted by Crippen LogP contribution is 2.26. The smallest absolute Gasteiger partial charge is 0.253 e. The van der Waals surface area contributed by atoms with Crippen molar-refractivity contribution in [1.82, 2.24) is 0 Å². The highest BCUT2D eigenvalue weighted by atomic mass is 16.7. The zero-order chi connectivity index (χ0) is 18.6. The largest absolute Gasteiger partial charge is 0.699 e. The first-order chi connectivity index (χ1) is 10.4. The predicted molar refractivity (Wildman–Crippen MR) is 61.3 cm³/mol. The van der Waals surface area contributed by atoms with E-state index in [9.17, 15) is 60.7 Å². The minimum absolute atomic E-state index is 1.27. The standard InChI is InChI=1S/C5H6N6O12/c12-6(13)4(7(14)15,8(16)17)2-1-3-5(9(18)19,10(20)21)11(22)23/h1-3H2. The van der Waals surface area contributed by atoms with Crippen LogP contribution in [0.25, 0.3) is 0 Å². The summed E-state index contributed by atoms with van der Waals surface area (Å²) in [6.45, 7) is 0. The molecule has 0 amide bonds. The van der Waals surface area contributed by atoms with E-state index in [1.807, 2.05) is 0 Å². The fourth-order valence-corrected chi connectivity index (χ4v) is 1.51.